The Hall–Kier alpha value is -2.86. The third kappa shape index (κ3) is 4.37. The lowest BCUT2D eigenvalue weighted by atomic mass is 10.1. The van der Waals surface area contributed by atoms with E-state index in [1.54, 1.807) is 0 Å². The Morgan fingerprint density at radius 1 is 0.969 bits per heavy atom. The molecule has 5 nitrogen and oxygen atoms in total. The quantitative estimate of drug-likeness (QED) is 0.444. The molecule has 2 aromatic heterocycles. The number of fused-ring (bicyclic) bond motifs is 1. The second-order valence-corrected chi connectivity index (χ2v) is 8.86. The molecule has 3 heterocycles. The molecule has 2 aromatic carbocycles. The van der Waals surface area contributed by atoms with Crippen LogP contribution in [0.15, 0.2) is 71.7 Å². The van der Waals surface area contributed by atoms with Crippen molar-refractivity contribution in [2.45, 2.75) is 26.1 Å². The lowest BCUT2D eigenvalue weighted by molar-refractivity contribution is 0.236. The van der Waals surface area contributed by atoms with Crippen LogP contribution in [0, 0.1) is 0 Å². The fourth-order valence-electron chi connectivity index (χ4n) is 4.16. The summed E-state index contributed by atoms with van der Waals surface area (Å²) >= 11 is 12.2. The molecule has 162 valence electrons. The van der Waals surface area contributed by atoms with Gasteiger partial charge in [0.25, 0.3) is 5.56 Å². The molecule has 0 fully saturated rings. The molecule has 0 saturated carbocycles. The van der Waals surface area contributed by atoms with Crippen LogP contribution in [0.3, 0.4) is 0 Å². The van der Waals surface area contributed by atoms with Crippen LogP contribution >= 0.6 is 23.2 Å². The monoisotopic (exact) mass is 464 g/mol. The second-order valence-electron chi connectivity index (χ2n) is 8.04. The highest BCUT2D eigenvalue weighted by Gasteiger charge is 2.22. The number of hydrogen-bond acceptors (Lipinski definition) is 3. The Labute approximate surface area is 196 Å². The molecule has 0 amide bonds. The maximum Gasteiger partial charge on any atom is 0.255 e. The van der Waals surface area contributed by atoms with E-state index in [-0.39, 0.29) is 5.56 Å². The molecular weight excluding hydrogens is 443 g/mol. The van der Waals surface area contributed by atoms with Crippen LogP contribution in [0.1, 0.15) is 22.5 Å². The highest BCUT2D eigenvalue weighted by molar-refractivity contribution is 6.42. The highest BCUT2D eigenvalue weighted by Crippen LogP contribution is 2.24. The summed E-state index contributed by atoms with van der Waals surface area (Å²) in [5.41, 5.74) is 4.81. The molecule has 0 radical (unpaired) electrons. The molecule has 1 N–H and O–H groups in total. The normalized spacial score (nSPS) is 13.8. The van der Waals surface area contributed by atoms with Crippen molar-refractivity contribution >= 4 is 23.2 Å². The Bertz CT molecular complexity index is 1310. The number of nitrogens with one attached hydrogen (secondary N) is 1. The fourth-order valence-corrected chi connectivity index (χ4v) is 4.48. The highest BCUT2D eigenvalue weighted by atomic mass is 35.5. The average Bonchev–Trinajstić information content (AvgIpc) is 3.23. The van der Waals surface area contributed by atoms with E-state index in [1.165, 1.54) is 5.69 Å². The van der Waals surface area contributed by atoms with Crippen molar-refractivity contribution < 1.29 is 0 Å². The van der Waals surface area contributed by atoms with Crippen LogP contribution in [-0.2, 0) is 26.1 Å². The number of halogens is 2. The van der Waals surface area contributed by atoms with Gasteiger partial charge in [0, 0.05) is 50.1 Å². The Kier molecular flexibility index (Phi) is 5.87. The summed E-state index contributed by atoms with van der Waals surface area (Å²) in [6, 6.07) is 19.7. The minimum atomic E-state index is -0.0512. The van der Waals surface area contributed by atoms with Crippen LogP contribution in [0.25, 0.3) is 11.4 Å². The first-order valence-electron chi connectivity index (χ1n) is 10.5. The number of benzene rings is 2. The number of rotatable bonds is 5. The van der Waals surface area contributed by atoms with Gasteiger partial charge in [-0.1, -0.05) is 59.6 Å². The first-order chi connectivity index (χ1) is 15.6. The Morgan fingerprint density at radius 2 is 1.81 bits per heavy atom. The van der Waals surface area contributed by atoms with Gasteiger partial charge in [-0.05, 0) is 29.8 Å². The molecule has 32 heavy (non-hydrogen) atoms. The number of H-pyrrole nitrogens is 1. The average molecular weight is 465 g/mol. The SMILES string of the molecule is O=c1[nH]c(-c2ccccc2)nc2c1CN(Cc1cccn1Cc1ccc(Cl)c(Cl)c1)CC2. The summed E-state index contributed by atoms with van der Waals surface area (Å²) in [5, 5.41) is 1.12. The molecule has 0 unspecified atom stereocenters. The van der Waals surface area contributed by atoms with E-state index < -0.39 is 0 Å². The standard InChI is InChI=1S/C25H22Cl2N4O/c26-21-9-8-17(13-22(21)27)14-31-11-4-7-19(31)15-30-12-10-23-20(16-30)25(32)29-24(28-23)18-5-2-1-3-6-18/h1-9,11,13H,10,12,14-16H2,(H,28,29,32). The van der Waals surface area contributed by atoms with Crippen LogP contribution in [-0.4, -0.2) is 26.0 Å². The largest absolute Gasteiger partial charge is 0.346 e. The lowest BCUT2D eigenvalue weighted by Gasteiger charge is -2.28. The Balaban J connectivity index is 1.33. The van der Waals surface area contributed by atoms with E-state index >= 15 is 0 Å². The molecule has 0 atom stereocenters. The Morgan fingerprint density at radius 3 is 2.62 bits per heavy atom. The van der Waals surface area contributed by atoms with Gasteiger partial charge in [-0.25, -0.2) is 4.98 Å². The minimum absolute atomic E-state index is 0.0512. The van der Waals surface area contributed by atoms with Gasteiger partial charge in [0.15, 0.2) is 0 Å². The van der Waals surface area contributed by atoms with Gasteiger partial charge in [-0.3, -0.25) is 9.69 Å². The molecule has 0 aliphatic carbocycles. The molecule has 1 aliphatic heterocycles. The third-order valence-electron chi connectivity index (χ3n) is 5.84. The number of nitrogens with zero attached hydrogens (tertiary/aromatic N) is 3. The van der Waals surface area contributed by atoms with E-state index in [2.05, 4.69) is 26.7 Å². The number of aromatic amines is 1. The molecule has 0 saturated heterocycles. The van der Waals surface area contributed by atoms with Crippen LogP contribution in [0.5, 0.6) is 0 Å². The van der Waals surface area contributed by atoms with E-state index in [9.17, 15) is 4.79 Å². The molecule has 0 spiro atoms. The molecule has 4 aromatic rings. The van der Waals surface area contributed by atoms with Gasteiger partial charge in [0.2, 0.25) is 0 Å². The van der Waals surface area contributed by atoms with Gasteiger partial charge in [-0.2, -0.15) is 0 Å². The van der Waals surface area contributed by atoms with Gasteiger partial charge in [0.05, 0.1) is 21.3 Å². The van der Waals surface area contributed by atoms with Crippen molar-refractivity contribution in [1.29, 1.82) is 0 Å². The predicted molar refractivity (Wildman–Crippen MR) is 128 cm³/mol. The van der Waals surface area contributed by atoms with Gasteiger partial charge in [-0.15, -0.1) is 0 Å². The summed E-state index contributed by atoms with van der Waals surface area (Å²) < 4.78 is 2.20. The summed E-state index contributed by atoms with van der Waals surface area (Å²) in [4.78, 5) is 22.8. The third-order valence-corrected chi connectivity index (χ3v) is 6.58. The fraction of sp³-hybridized carbons (Fsp3) is 0.200. The van der Waals surface area contributed by atoms with Crippen LogP contribution < -0.4 is 5.56 Å². The second kappa shape index (κ2) is 8.94. The van der Waals surface area contributed by atoms with E-state index in [4.69, 9.17) is 28.2 Å². The van der Waals surface area contributed by atoms with Crippen molar-refractivity contribution in [1.82, 2.24) is 19.4 Å². The van der Waals surface area contributed by atoms with E-state index in [0.717, 1.165) is 41.9 Å². The van der Waals surface area contributed by atoms with Crippen molar-refractivity contribution in [2.24, 2.45) is 0 Å². The van der Waals surface area contributed by atoms with Crippen LogP contribution in [0.4, 0.5) is 0 Å². The minimum Gasteiger partial charge on any atom is -0.346 e. The summed E-state index contributed by atoms with van der Waals surface area (Å²) in [6.45, 7) is 2.92. The number of aromatic nitrogens is 3. The summed E-state index contributed by atoms with van der Waals surface area (Å²) in [6.07, 6.45) is 2.82. The van der Waals surface area contributed by atoms with Gasteiger partial charge >= 0.3 is 0 Å². The first-order valence-corrected chi connectivity index (χ1v) is 11.3. The lowest BCUT2D eigenvalue weighted by Crippen LogP contribution is -2.35. The maximum atomic E-state index is 12.8. The summed E-state index contributed by atoms with van der Waals surface area (Å²) in [5.74, 6) is 0.637. The molecule has 7 heteroatoms. The molecular formula is C25H22Cl2N4O. The maximum absolute atomic E-state index is 12.8. The van der Waals surface area contributed by atoms with E-state index in [0.29, 0.717) is 29.0 Å². The molecule has 1 aliphatic rings. The van der Waals surface area contributed by atoms with Crippen molar-refractivity contribution in [3.8, 4) is 11.4 Å². The molecule has 0 bridgehead atoms. The smallest absolute Gasteiger partial charge is 0.255 e. The van der Waals surface area contributed by atoms with Crippen molar-refractivity contribution in [3.05, 3.63) is 110 Å². The first kappa shape index (κ1) is 21.0. The van der Waals surface area contributed by atoms with E-state index in [1.807, 2.05) is 54.6 Å². The zero-order chi connectivity index (χ0) is 22.1. The summed E-state index contributed by atoms with van der Waals surface area (Å²) in [7, 11) is 0. The number of hydrogen-bond donors (Lipinski definition) is 1. The van der Waals surface area contributed by atoms with Gasteiger partial charge in [0.1, 0.15) is 5.82 Å². The predicted octanol–water partition coefficient (Wildman–Crippen LogP) is 5.15. The topological polar surface area (TPSA) is 53.9 Å². The van der Waals surface area contributed by atoms with Crippen molar-refractivity contribution in [3.63, 3.8) is 0 Å². The van der Waals surface area contributed by atoms with Crippen LogP contribution in [0.2, 0.25) is 10.0 Å². The van der Waals surface area contributed by atoms with Gasteiger partial charge < -0.3 is 9.55 Å². The zero-order valence-corrected chi connectivity index (χ0v) is 18.9. The molecule has 5 rings (SSSR count). The van der Waals surface area contributed by atoms with Crippen molar-refractivity contribution in [2.75, 3.05) is 6.54 Å². The zero-order valence-electron chi connectivity index (χ0n) is 17.4.